The van der Waals surface area contributed by atoms with Crippen molar-refractivity contribution in [1.29, 1.82) is 0 Å². The van der Waals surface area contributed by atoms with Gasteiger partial charge in [0.05, 0.1) is 0 Å². The molecule has 0 fully saturated rings. The van der Waals surface area contributed by atoms with E-state index in [1.165, 1.54) is 5.56 Å². The van der Waals surface area contributed by atoms with E-state index in [1.807, 2.05) is 43.3 Å². The molecule has 120 valence electrons. The van der Waals surface area contributed by atoms with Crippen molar-refractivity contribution in [2.24, 2.45) is 0 Å². The molecule has 0 saturated carbocycles. The molecule has 22 heavy (non-hydrogen) atoms. The van der Waals surface area contributed by atoms with E-state index in [0.29, 0.717) is 5.92 Å². The summed E-state index contributed by atoms with van der Waals surface area (Å²) in [5.74, 6) is 0.450. The first-order valence-electron chi connectivity index (χ1n) is 7.03. The summed E-state index contributed by atoms with van der Waals surface area (Å²) in [5, 5.41) is 0. The standard InChI is InChI=1S/C17H21IO3S/c1-13(2)15-7-11-17(12-8-15)18(21-22(4,19)20)16-9-5-14(3)6-10-16/h5-13H,1-4H3. The van der Waals surface area contributed by atoms with Crippen LogP contribution in [0.5, 0.6) is 0 Å². The summed E-state index contributed by atoms with van der Waals surface area (Å²) in [6.07, 6.45) is 1.12. The Hall–Kier alpha value is -0.920. The third-order valence-corrected chi connectivity index (χ3v) is 10.2. The SMILES string of the molecule is Cc1ccc(I(OS(C)(=O)=O)c2ccc(C(C)C)cc2)cc1. The van der Waals surface area contributed by atoms with Gasteiger partial charge < -0.3 is 0 Å². The van der Waals surface area contributed by atoms with Gasteiger partial charge >= 0.3 is 141 Å². The number of halogens is 1. The molecular weight excluding hydrogens is 411 g/mol. The monoisotopic (exact) mass is 432 g/mol. The van der Waals surface area contributed by atoms with E-state index in [1.54, 1.807) is 0 Å². The molecule has 0 heterocycles. The second-order valence-electron chi connectivity index (χ2n) is 5.52. The van der Waals surface area contributed by atoms with Gasteiger partial charge in [-0.1, -0.05) is 0 Å². The third-order valence-electron chi connectivity index (χ3n) is 3.12. The fourth-order valence-corrected chi connectivity index (χ4v) is 8.25. The molecule has 0 atom stereocenters. The molecule has 2 aromatic rings. The van der Waals surface area contributed by atoms with Crippen LogP contribution in [0, 0.1) is 14.1 Å². The summed E-state index contributed by atoms with van der Waals surface area (Å²) in [6.45, 7) is 6.29. The molecule has 3 nitrogen and oxygen atoms in total. The number of rotatable bonds is 5. The van der Waals surface area contributed by atoms with Crippen molar-refractivity contribution < 1.29 is 10.9 Å². The van der Waals surface area contributed by atoms with Crippen molar-refractivity contribution in [2.75, 3.05) is 6.26 Å². The Morgan fingerprint density at radius 3 is 1.77 bits per heavy atom. The Morgan fingerprint density at radius 1 is 0.909 bits per heavy atom. The summed E-state index contributed by atoms with van der Waals surface area (Å²) in [7, 11) is -3.49. The summed E-state index contributed by atoms with van der Waals surface area (Å²) in [4.78, 5) is 0. The van der Waals surface area contributed by atoms with Gasteiger partial charge in [-0.3, -0.25) is 0 Å². The first kappa shape index (κ1) is 17.4. The van der Waals surface area contributed by atoms with E-state index < -0.39 is 30.4 Å². The fraction of sp³-hybridized carbons (Fsp3) is 0.294. The van der Waals surface area contributed by atoms with Gasteiger partial charge in [0.2, 0.25) is 0 Å². The predicted molar refractivity (Wildman–Crippen MR) is 99.1 cm³/mol. The maximum absolute atomic E-state index is 11.6. The number of hydrogen-bond acceptors (Lipinski definition) is 3. The molecule has 0 aromatic heterocycles. The molecule has 2 aromatic carbocycles. The molecule has 0 aliphatic rings. The van der Waals surface area contributed by atoms with Crippen LogP contribution in [0.3, 0.4) is 0 Å². The van der Waals surface area contributed by atoms with Crippen LogP contribution in [0.25, 0.3) is 0 Å². The summed E-state index contributed by atoms with van der Waals surface area (Å²) in [5.41, 5.74) is 2.39. The summed E-state index contributed by atoms with van der Waals surface area (Å²) < 4.78 is 30.7. The fourth-order valence-electron chi connectivity index (χ4n) is 1.92. The zero-order chi connectivity index (χ0) is 16.3. The van der Waals surface area contributed by atoms with E-state index in [4.69, 9.17) is 2.51 Å². The van der Waals surface area contributed by atoms with E-state index in [2.05, 4.69) is 26.0 Å². The number of aryl methyl sites for hydroxylation is 1. The number of hydrogen-bond donors (Lipinski definition) is 0. The minimum absolute atomic E-state index is 0.450. The van der Waals surface area contributed by atoms with Crippen molar-refractivity contribution in [2.45, 2.75) is 26.7 Å². The minimum atomic E-state index is -3.49. The van der Waals surface area contributed by atoms with E-state index >= 15 is 0 Å². The van der Waals surface area contributed by atoms with Crippen molar-refractivity contribution in [1.82, 2.24) is 0 Å². The molecule has 0 saturated heterocycles. The molecule has 2 rings (SSSR count). The topological polar surface area (TPSA) is 43.4 Å². The quantitative estimate of drug-likeness (QED) is 0.651. The molecule has 0 N–H and O–H groups in total. The molecule has 0 aliphatic carbocycles. The van der Waals surface area contributed by atoms with Crippen molar-refractivity contribution in [3.63, 3.8) is 0 Å². The maximum atomic E-state index is 11.6. The molecule has 0 bridgehead atoms. The van der Waals surface area contributed by atoms with Crippen molar-refractivity contribution in [3.8, 4) is 0 Å². The van der Waals surface area contributed by atoms with Crippen LogP contribution in [0.4, 0.5) is 0 Å². The van der Waals surface area contributed by atoms with E-state index in [-0.39, 0.29) is 0 Å². The second-order valence-corrected chi connectivity index (χ2v) is 12.0. The summed E-state index contributed by atoms with van der Waals surface area (Å²) in [6, 6.07) is 16.1. The van der Waals surface area contributed by atoms with Crippen LogP contribution in [0.2, 0.25) is 0 Å². The predicted octanol–water partition coefficient (Wildman–Crippen LogP) is 4.56. The normalized spacial score (nSPS) is 12.5. The van der Waals surface area contributed by atoms with Crippen molar-refractivity contribution >= 4 is 30.4 Å². The van der Waals surface area contributed by atoms with Crippen LogP contribution in [0.15, 0.2) is 48.5 Å². The Balaban J connectivity index is 2.41. The van der Waals surface area contributed by atoms with Gasteiger partial charge in [0.15, 0.2) is 0 Å². The molecular formula is C17H21IO3S. The van der Waals surface area contributed by atoms with E-state index in [9.17, 15) is 8.42 Å². The van der Waals surface area contributed by atoms with Gasteiger partial charge in [0, 0.05) is 0 Å². The Morgan fingerprint density at radius 2 is 1.36 bits per heavy atom. The molecule has 5 heteroatoms. The molecule has 0 spiro atoms. The zero-order valence-electron chi connectivity index (χ0n) is 13.2. The van der Waals surface area contributed by atoms with Gasteiger partial charge in [-0.15, -0.1) is 0 Å². The van der Waals surface area contributed by atoms with Crippen LogP contribution in [0.1, 0.15) is 30.9 Å². The van der Waals surface area contributed by atoms with Gasteiger partial charge in [-0.05, 0) is 0 Å². The van der Waals surface area contributed by atoms with E-state index in [0.717, 1.165) is 19.0 Å². The molecule has 0 radical (unpaired) electrons. The Labute approximate surface area is 140 Å². The van der Waals surface area contributed by atoms with Gasteiger partial charge in [0.25, 0.3) is 0 Å². The second kappa shape index (κ2) is 7.10. The molecule has 0 amide bonds. The Bertz CT molecular complexity index is 720. The van der Waals surface area contributed by atoms with Crippen LogP contribution >= 0.6 is 20.2 Å². The van der Waals surface area contributed by atoms with Crippen LogP contribution in [-0.4, -0.2) is 14.7 Å². The zero-order valence-corrected chi connectivity index (χ0v) is 16.2. The van der Waals surface area contributed by atoms with Gasteiger partial charge in [-0.2, -0.15) is 0 Å². The van der Waals surface area contributed by atoms with Crippen molar-refractivity contribution in [3.05, 3.63) is 66.8 Å². The van der Waals surface area contributed by atoms with Crippen LogP contribution in [-0.2, 0) is 12.6 Å². The first-order valence-corrected chi connectivity index (χ1v) is 11.9. The number of benzene rings is 2. The average molecular weight is 432 g/mol. The molecule has 0 aliphatic heterocycles. The van der Waals surface area contributed by atoms with Gasteiger partial charge in [-0.25, -0.2) is 0 Å². The van der Waals surface area contributed by atoms with Crippen LogP contribution < -0.4 is 0 Å². The third kappa shape index (κ3) is 4.79. The van der Waals surface area contributed by atoms with Gasteiger partial charge in [0.1, 0.15) is 0 Å². The Kier molecular flexibility index (Phi) is 5.63. The summed E-state index contributed by atoms with van der Waals surface area (Å²) >= 11 is -2.44. The average Bonchev–Trinajstić information content (AvgIpc) is 2.45. The first-order chi connectivity index (χ1) is 10.3. The molecule has 0 unspecified atom stereocenters.